The Balaban J connectivity index is 1.73. The zero-order valence-electron chi connectivity index (χ0n) is 14.5. The van der Waals surface area contributed by atoms with Crippen molar-refractivity contribution < 1.29 is 34.4 Å². The van der Waals surface area contributed by atoms with Crippen LogP contribution in [-0.4, -0.2) is 79.8 Å². The Kier molecular flexibility index (Phi) is 4.46. The van der Waals surface area contributed by atoms with Gasteiger partial charge in [-0.05, 0) is 18.9 Å². The number of piperazine rings is 1. The Hall–Kier alpha value is -2.01. The minimum atomic E-state index is -1.62. The summed E-state index contributed by atoms with van der Waals surface area (Å²) in [5.74, 6) is -5.39. The maximum atomic E-state index is 14.8. The fraction of sp³-hybridized carbons (Fsp3) is 0.647. The van der Waals surface area contributed by atoms with Crippen molar-refractivity contribution in [2.45, 2.75) is 44.0 Å². The van der Waals surface area contributed by atoms with E-state index in [1.54, 1.807) is 0 Å². The molecule has 2 aliphatic heterocycles. The highest BCUT2D eigenvalue weighted by atomic mass is 19.1. The average Bonchev–Trinajstić information content (AvgIpc) is 3.42. The number of allylic oxidation sites excluding steroid dienone is 3. The number of hydrogen-bond donors (Lipinski definition) is 5. The highest BCUT2D eigenvalue weighted by Crippen LogP contribution is 2.45. The van der Waals surface area contributed by atoms with Crippen LogP contribution >= 0.6 is 0 Å². The van der Waals surface area contributed by atoms with Crippen molar-refractivity contribution in [3.05, 3.63) is 23.3 Å². The zero-order chi connectivity index (χ0) is 19.5. The number of carbonyl (C=O) groups excluding carboxylic acids is 1. The molecule has 0 amide bonds. The fourth-order valence-electron chi connectivity index (χ4n) is 4.16. The third-order valence-electron chi connectivity index (χ3n) is 5.66. The van der Waals surface area contributed by atoms with Crippen molar-refractivity contribution in [3.63, 3.8) is 0 Å². The number of carbonyl (C=O) groups is 2. The van der Waals surface area contributed by atoms with E-state index in [0.717, 1.165) is 12.8 Å². The average molecular weight is 383 g/mol. The fourth-order valence-corrected chi connectivity index (χ4v) is 4.16. The molecule has 0 aromatic rings. The quantitative estimate of drug-likeness (QED) is 0.376. The van der Waals surface area contributed by atoms with Gasteiger partial charge in [0.25, 0.3) is 0 Å². The Morgan fingerprint density at radius 3 is 2.56 bits per heavy atom. The summed E-state index contributed by atoms with van der Waals surface area (Å²) in [7, 11) is 0. The van der Waals surface area contributed by atoms with Crippen molar-refractivity contribution in [1.82, 2.24) is 15.1 Å². The number of hydrogen-bond acceptors (Lipinski definition) is 8. The van der Waals surface area contributed by atoms with E-state index in [2.05, 4.69) is 5.32 Å². The molecule has 4 rings (SSSR count). The molecule has 10 heteroatoms. The Bertz CT molecular complexity index is 736. The molecule has 1 saturated carbocycles. The largest absolute Gasteiger partial charge is 0.481 e. The molecule has 2 saturated heterocycles. The molecule has 0 bridgehead atoms. The summed E-state index contributed by atoms with van der Waals surface area (Å²) in [6.07, 6.45) is -1.54. The molecular weight excluding hydrogens is 361 g/mol. The minimum absolute atomic E-state index is 0.0497. The van der Waals surface area contributed by atoms with Crippen molar-refractivity contribution in [3.8, 4) is 0 Å². The highest BCUT2D eigenvalue weighted by molar-refractivity contribution is 6.02. The van der Waals surface area contributed by atoms with E-state index in [1.165, 1.54) is 15.9 Å². The number of aliphatic carboxylic acids is 1. The van der Waals surface area contributed by atoms with Gasteiger partial charge in [0.05, 0.1) is 11.6 Å². The van der Waals surface area contributed by atoms with Gasteiger partial charge in [0.15, 0.2) is 17.9 Å². The van der Waals surface area contributed by atoms with Crippen LogP contribution in [0.25, 0.3) is 0 Å². The first-order valence-electron chi connectivity index (χ1n) is 9.00. The lowest BCUT2D eigenvalue weighted by Crippen LogP contribution is -2.59. The highest BCUT2D eigenvalue weighted by Gasteiger charge is 2.53. The first kappa shape index (κ1) is 18.4. The van der Waals surface area contributed by atoms with Crippen LogP contribution < -0.4 is 5.32 Å². The number of carboxylic acids is 1. The van der Waals surface area contributed by atoms with Crippen molar-refractivity contribution in [2.24, 2.45) is 11.8 Å². The number of aliphatic hydroxyl groups is 3. The van der Waals surface area contributed by atoms with Crippen LogP contribution in [0.5, 0.6) is 0 Å². The van der Waals surface area contributed by atoms with Crippen LogP contribution in [0.2, 0.25) is 0 Å². The summed E-state index contributed by atoms with van der Waals surface area (Å²) in [5, 5.41) is 42.5. The lowest BCUT2D eigenvalue weighted by molar-refractivity contribution is -0.163. The maximum Gasteiger partial charge on any atom is 0.318 e. The standard InChI is InChI=1S/C17H22FN3O6/c18-9-5-8-10(6-11(9)20-4-3-19-14(23)16(20)25)21(7-1-2-7)15(24)12(13(8)22)17(26)27/h6-8,12,14-16,19,23-25H,1-5H2,(H,26,27). The number of piperidine rings is 1. The summed E-state index contributed by atoms with van der Waals surface area (Å²) < 4.78 is 14.8. The van der Waals surface area contributed by atoms with Crippen LogP contribution in [0.15, 0.2) is 23.3 Å². The molecule has 4 aliphatic rings. The second-order valence-corrected chi connectivity index (χ2v) is 7.39. The van der Waals surface area contributed by atoms with Gasteiger partial charge in [0.1, 0.15) is 18.3 Å². The number of nitrogens with one attached hydrogen (secondary N) is 1. The Morgan fingerprint density at radius 2 is 1.93 bits per heavy atom. The topological polar surface area (TPSA) is 134 Å². The minimum Gasteiger partial charge on any atom is -0.481 e. The molecule has 0 aromatic heterocycles. The number of Topliss-reactive ketones (excluding diaryl/α,β-unsaturated/α-hetero) is 1. The monoisotopic (exact) mass is 383 g/mol. The van der Waals surface area contributed by atoms with Gasteiger partial charge in [-0.1, -0.05) is 0 Å². The number of fused-ring (bicyclic) bond motifs is 1. The number of nitrogens with zero attached hydrogens (tertiary/aromatic N) is 2. The van der Waals surface area contributed by atoms with Crippen LogP contribution in [0.4, 0.5) is 4.39 Å². The van der Waals surface area contributed by atoms with Crippen LogP contribution in [-0.2, 0) is 9.59 Å². The van der Waals surface area contributed by atoms with Gasteiger partial charge >= 0.3 is 5.97 Å². The molecule has 2 aliphatic carbocycles. The molecule has 9 nitrogen and oxygen atoms in total. The number of halogens is 1. The summed E-state index contributed by atoms with van der Waals surface area (Å²) >= 11 is 0. The second-order valence-electron chi connectivity index (χ2n) is 7.39. The van der Waals surface area contributed by atoms with Gasteiger partial charge in [0.2, 0.25) is 0 Å². The van der Waals surface area contributed by atoms with Crippen molar-refractivity contribution >= 4 is 11.8 Å². The molecule has 27 heavy (non-hydrogen) atoms. The lowest BCUT2D eigenvalue weighted by Gasteiger charge is -2.46. The van der Waals surface area contributed by atoms with E-state index < -0.39 is 48.1 Å². The summed E-state index contributed by atoms with van der Waals surface area (Å²) in [6.45, 7) is 0.573. The van der Waals surface area contributed by atoms with Crippen LogP contribution in [0.3, 0.4) is 0 Å². The van der Waals surface area contributed by atoms with E-state index in [9.17, 15) is 34.4 Å². The number of likely N-dealkylation sites (tertiary alicyclic amines) is 1. The van der Waals surface area contributed by atoms with Gasteiger partial charge in [-0.25, -0.2) is 4.39 Å². The predicted molar refractivity (Wildman–Crippen MR) is 88.0 cm³/mol. The molecule has 0 spiro atoms. The van der Waals surface area contributed by atoms with Gasteiger partial charge in [-0.15, -0.1) is 0 Å². The van der Waals surface area contributed by atoms with Gasteiger partial charge in [0, 0.05) is 31.2 Å². The van der Waals surface area contributed by atoms with E-state index in [0.29, 0.717) is 12.2 Å². The van der Waals surface area contributed by atoms with Crippen molar-refractivity contribution in [1.29, 1.82) is 0 Å². The molecule has 5 atom stereocenters. The first-order chi connectivity index (χ1) is 12.8. The van der Waals surface area contributed by atoms with E-state index in [1.807, 2.05) is 0 Å². The molecule has 5 unspecified atom stereocenters. The number of rotatable bonds is 3. The summed E-state index contributed by atoms with van der Waals surface area (Å²) in [4.78, 5) is 27.0. The Labute approximate surface area is 154 Å². The first-order valence-corrected chi connectivity index (χ1v) is 9.00. The Morgan fingerprint density at radius 1 is 1.22 bits per heavy atom. The van der Waals surface area contributed by atoms with Crippen LogP contribution in [0.1, 0.15) is 19.3 Å². The van der Waals surface area contributed by atoms with E-state index in [-0.39, 0.29) is 24.7 Å². The maximum absolute atomic E-state index is 14.8. The molecule has 2 heterocycles. The molecule has 148 valence electrons. The summed E-state index contributed by atoms with van der Waals surface area (Å²) in [5.41, 5.74) is 0.429. The second kappa shape index (κ2) is 6.55. The van der Waals surface area contributed by atoms with Gasteiger partial charge < -0.3 is 30.2 Å². The molecule has 0 aromatic carbocycles. The van der Waals surface area contributed by atoms with Gasteiger partial charge in [-0.2, -0.15) is 0 Å². The number of carboxylic acid groups (broad SMARTS) is 1. The third-order valence-corrected chi connectivity index (χ3v) is 5.66. The van der Waals surface area contributed by atoms with E-state index in [4.69, 9.17) is 0 Å². The summed E-state index contributed by atoms with van der Waals surface area (Å²) in [6, 6.07) is -0.0929. The smallest absolute Gasteiger partial charge is 0.318 e. The normalized spacial score (nSPS) is 37.3. The van der Waals surface area contributed by atoms with Gasteiger partial charge in [-0.3, -0.25) is 14.9 Å². The number of aliphatic hydroxyl groups excluding tert-OH is 3. The number of ketones is 1. The SMILES string of the molecule is O=C(O)C1C(=O)C2CC(F)=C(N3CCNC(O)C3O)C=C2N(C2CC2)C1O. The molecule has 0 radical (unpaired) electrons. The predicted octanol–water partition coefficient (Wildman–Crippen LogP) is -1.32. The molecular formula is C17H22FN3O6. The third kappa shape index (κ3) is 2.92. The molecule has 3 fully saturated rings. The molecule has 5 N–H and O–H groups in total. The van der Waals surface area contributed by atoms with Crippen LogP contribution in [0, 0.1) is 11.8 Å². The lowest BCUT2D eigenvalue weighted by atomic mass is 9.78. The van der Waals surface area contributed by atoms with E-state index >= 15 is 0 Å². The van der Waals surface area contributed by atoms with Crippen molar-refractivity contribution in [2.75, 3.05) is 13.1 Å². The zero-order valence-corrected chi connectivity index (χ0v) is 14.5.